The second-order valence-electron chi connectivity index (χ2n) is 7.05. The third-order valence-electron chi connectivity index (χ3n) is 4.82. The minimum absolute atomic E-state index is 0.0656. The van der Waals surface area contributed by atoms with Crippen molar-refractivity contribution in [1.82, 2.24) is 0 Å². The average Bonchev–Trinajstić information content (AvgIpc) is 2.81. The van der Waals surface area contributed by atoms with E-state index in [0.29, 0.717) is 6.42 Å². The highest BCUT2D eigenvalue weighted by atomic mass is 28.4. The van der Waals surface area contributed by atoms with Gasteiger partial charge in [0.2, 0.25) is 0 Å². The maximum atomic E-state index is 11.7. The zero-order chi connectivity index (χ0) is 13.9. The lowest BCUT2D eigenvalue weighted by Gasteiger charge is -2.38. The van der Waals surface area contributed by atoms with Gasteiger partial charge in [0.15, 0.2) is 8.32 Å². The fourth-order valence-electron chi connectivity index (χ4n) is 2.68. The van der Waals surface area contributed by atoms with Crippen LogP contribution in [-0.4, -0.2) is 31.3 Å². The number of rotatable bonds is 3. The molecule has 0 amide bonds. The van der Waals surface area contributed by atoms with Gasteiger partial charge < -0.3 is 9.53 Å². The van der Waals surface area contributed by atoms with Gasteiger partial charge in [-0.25, -0.2) is 0 Å². The number of ketones is 1. The van der Waals surface area contributed by atoms with Crippen molar-refractivity contribution in [3.05, 3.63) is 0 Å². The molecule has 4 nitrogen and oxygen atoms in total. The molecular weight excluding hydrogens is 248 g/mol. The van der Waals surface area contributed by atoms with Gasteiger partial charge in [-0.1, -0.05) is 20.8 Å². The normalized spacial score (nSPS) is 35.5. The zero-order valence-electron chi connectivity index (χ0n) is 11.7. The summed E-state index contributed by atoms with van der Waals surface area (Å²) in [5.74, 6) is -1.58. The zero-order valence-corrected chi connectivity index (χ0v) is 12.7. The smallest absolute Gasteiger partial charge is 0.307 e. The molecule has 1 N–H and O–H groups in total. The Morgan fingerprint density at radius 1 is 1.39 bits per heavy atom. The van der Waals surface area contributed by atoms with Gasteiger partial charge in [0, 0.05) is 18.3 Å². The quantitative estimate of drug-likeness (QED) is 0.799. The van der Waals surface area contributed by atoms with Crippen LogP contribution in [0.3, 0.4) is 0 Å². The molecule has 4 atom stereocenters. The van der Waals surface area contributed by atoms with Crippen LogP contribution in [0, 0.1) is 17.8 Å². The van der Waals surface area contributed by atoms with Gasteiger partial charge in [-0.3, -0.25) is 9.59 Å². The van der Waals surface area contributed by atoms with Crippen molar-refractivity contribution in [1.29, 1.82) is 0 Å². The van der Waals surface area contributed by atoms with E-state index in [1.165, 1.54) is 0 Å². The van der Waals surface area contributed by atoms with Crippen LogP contribution in [0.4, 0.5) is 0 Å². The van der Waals surface area contributed by atoms with Crippen LogP contribution in [0.2, 0.25) is 18.1 Å². The van der Waals surface area contributed by atoms with E-state index in [2.05, 4.69) is 33.9 Å². The summed E-state index contributed by atoms with van der Waals surface area (Å²) >= 11 is 0. The fraction of sp³-hybridized carbons (Fsp3) is 0.846. The lowest BCUT2D eigenvalue weighted by atomic mass is 10.1. The van der Waals surface area contributed by atoms with Crippen LogP contribution in [0.15, 0.2) is 0 Å². The van der Waals surface area contributed by atoms with Crippen molar-refractivity contribution in [3.8, 4) is 0 Å². The molecule has 0 bridgehead atoms. The summed E-state index contributed by atoms with van der Waals surface area (Å²) in [6.45, 7) is 10.7. The Kier molecular flexibility index (Phi) is 2.98. The van der Waals surface area contributed by atoms with E-state index in [-0.39, 0.29) is 28.8 Å². The van der Waals surface area contributed by atoms with Crippen molar-refractivity contribution in [2.45, 2.75) is 51.4 Å². The molecule has 0 aliphatic heterocycles. The third kappa shape index (κ3) is 2.03. The Hall–Kier alpha value is -0.683. The molecule has 2 aliphatic carbocycles. The molecule has 2 fully saturated rings. The lowest BCUT2D eigenvalue weighted by Crippen LogP contribution is -2.44. The first kappa shape index (κ1) is 13.7. The van der Waals surface area contributed by atoms with Crippen molar-refractivity contribution in [2.24, 2.45) is 17.8 Å². The molecule has 0 saturated heterocycles. The van der Waals surface area contributed by atoms with Crippen molar-refractivity contribution >= 4 is 20.1 Å². The lowest BCUT2D eigenvalue weighted by molar-refractivity contribution is -0.141. The number of carbonyl (C=O) groups is 2. The summed E-state index contributed by atoms with van der Waals surface area (Å²) in [5.41, 5.74) is 0. The first-order chi connectivity index (χ1) is 8.06. The van der Waals surface area contributed by atoms with E-state index in [0.717, 1.165) is 0 Å². The van der Waals surface area contributed by atoms with Crippen LogP contribution < -0.4 is 0 Å². The van der Waals surface area contributed by atoms with Crippen LogP contribution in [0.1, 0.15) is 27.2 Å². The van der Waals surface area contributed by atoms with E-state index < -0.39 is 20.2 Å². The topological polar surface area (TPSA) is 63.6 Å². The summed E-state index contributed by atoms with van der Waals surface area (Å²) in [5, 5.41) is 9.14. The molecule has 0 aromatic heterocycles. The Morgan fingerprint density at radius 3 is 2.33 bits per heavy atom. The Morgan fingerprint density at radius 2 is 1.94 bits per heavy atom. The minimum atomic E-state index is -1.92. The molecule has 4 unspecified atom stereocenters. The van der Waals surface area contributed by atoms with Gasteiger partial charge in [-0.05, 0) is 18.1 Å². The molecular formula is C13H22O4Si. The predicted molar refractivity (Wildman–Crippen MR) is 69.8 cm³/mol. The summed E-state index contributed by atoms with van der Waals surface area (Å²) in [6.07, 6.45) is 0.246. The minimum Gasteiger partial charge on any atom is -0.481 e. The van der Waals surface area contributed by atoms with Crippen LogP contribution in [0.25, 0.3) is 0 Å². The molecule has 0 heterocycles. The van der Waals surface area contributed by atoms with Crippen molar-refractivity contribution in [2.75, 3.05) is 0 Å². The fourth-order valence-corrected chi connectivity index (χ4v) is 4.03. The second kappa shape index (κ2) is 3.90. The number of carboxylic acid groups (broad SMARTS) is 1. The molecule has 0 aromatic carbocycles. The van der Waals surface area contributed by atoms with Crippen molar-refractivity contribution < 1.29 is 19.1 Å². The van der Waals surface area contributed by atoms with E-state index >= 15 is 0 Å². The van der Waals surface area contributed by atoms with E-state index in [9.17, 15) is 9.59 Å². The van der Waals surface area contributed by atoms with E-state index in [4.69, 9.17) is 9.53 Å². The van der Waals surface area contributed by atoms with Gasteiger partial charge >= 0.3 is 5.97 Å². The van der Waals surface area contributed by atoms with Crippen LogP contribution >= 0.6 is 0 Å². The molecule has 2 saturated carbocycles. The maximum Gasteiger partial charge on any atom is 0.307 e. The maximum absolute atomic E-state index is 11.7. The van der Waals surface area contributed by atoms with Gasteiger partial charge in [0.1, 0.15) is 5.78 Å². The predicted octanol–water partition coefficient (Wildman–Crippen LogP) is 2.30. The van der Waals surface area contributed by atoms with Gasteiger partial charge in [0.25, 0.3) is 0 Å². The number of Topliss-reactive ketones (excluding diaryl/α,β-unsaturated/α-hetero) is 1. The van der Waals surface area contributed by atoms with Crippen molar-refractivity contribution in [3.63, 3.8) is 0 Å². The van der Waals surface area contributed by atoms with Gasteiger partial charge in [-0.15, -0.1) is 0 Å². The number of carboxylic acids is 1. The van der Waals surface area contributed by atoms with Crippen LogP contribution in [0.5, 0.6) is 0 Å². The van der Waals surface area contributed by atoms with Gasteiger partial charge in [-0.2, -0.15) is 0 Å². The second-order valence-corrected chi connectivity index (χ2v) is 11.8. The Labute approximate surface area is 109 Å². The highest BCUT2D eigenvalue weighted by molar-refractivity contribution is 6.74. The third-order valence-corrected chi connectivity index (χ3v) is 9.32. The molecule has 5 heteroatoms. The molecule has 18 heavy (non-hydrogen) atoms. The molecule has 0 spiro atoms. The first-order valence-corrected chi connectivity index (χ1v) is 9.40. The molecule has 2 rings (SSSR count). The number of aliphatic carboxylic acids is 1. The summed E-state index contributed by atoms with van der Waals surface area (Å²) in [6, 6.07) is 0. The average molecular weight is 270 g/mol. The highest BCUT2D eigenvalue weighted by Crippen LogP contribution is 2.57. The van der Waals surface area contributed by atoms with Gasteiger partial charge in [0.05, 0.1) is 12.0 Å². The molecule has 0 aromatic rings. The van der Waals surface area contributed by atoms with E-state index in [1.807, 2.05) is 0 Å². The first-order valence-electron chi connectivity index (χ1n) is 6.49. The monoisotopic (exact) mass is 270 g/mol. The Bertz CT molecular complexity index is 392. The highest BCUT2D eigenvalue weighted by Gasteiger charge is 2.67. The molecule has 102 valence electrons. The standard InChI is InChI=1S/C13H22O4Si/c1-13(2,3)18(4,5)17-8-6-7(14)9-10(8)11(9)12(15)16/h8-11H,6H2,1-5H3,(H,15,16). The SMILES string of the molecule is CC(C)(C)[Si](C)(C)OC1CC(=O)C2C(C(=O)O)C12. The van der Waals surface area contributed by atoms with E-state index in [1.54, 1.807) is 0 Å². The van der Waals surface area contributed by atoms with Crippen LogP contribution in [-0.2, 0) is 14.0 Å². The number of carbonyl (C=O) groups excluding carboxylic acids is 1. The number of hydrogen-bond acceptors (Lipinski definition) is 3. The summed E-state index contributed by atoms with van der Waals surface area (Å²) < 4.78 is 6.22. The molecule has 0 radical (unpaired) electrons. The number of hydrogen-bond donors (Lipinski definition) is 1. The largest absolute Gasteiger partial charge is 0.481 e. The Balaban J connectivity index is 2.09. The number of fused-ring (bicyclic) bond motifs is 1. The molecule has 2 aliphatic rings. The summed E-state index contributed by atoms with van der Waals surface area (Å²) in [4.78, 5) is 22.8. The summed E-state index contributed by atoms with van der Waals surface area (Å²) in [7, 11) is -1.92.